The molecule has 0 aliphatic heterocycles. The summed E-state index contributed by atoms with van der Waals surface area (Å²) in [5.41, 5.74) is 1.87. The highest BCUT2D eigenvalue weighted by Gasteiger charge is 2.20. The van der Waals surface area contributed by atoms with Crippen LogP contribution in [-0.4, -0.2) is 27.9 Å². The zero-order chi connectivity index (χ0) is 32.5. The van der Waals surface area contributed by atoms with Gasteiger partial charge in [0.25, 0.3) is 17.5 Å². The molecule has 5 aromatic rings. The van der Waals surface area contributed by atoms with Gasteiger partial charge in [-0.2, -0.15) is 0 Å². The van der Waals surface area contributed by atoms with Crippen LogP contribution >= 0.6 is 11.8 Å². The van der Waals surface area contributed by atoms with Crippen LogP contribution in [0.25, 0.3) is 16.8 Å². The van der Waals surface area contributed by atoms with Gasteiger partial charge in [0.1, 0.15) is 5.70 Å². The van der Waals surface area contributed by atoms with Crippen molar-refractivity contribution in [2.45, 2.75) is 23.5 Å². The minimum absolute atomic E-state index is 0.0537. The first-order valence-electron chi connectivity index (χ1n) is 14.5. The summed E-state index contributed by atoms with van der Waals surface area (Å²) in [6, 6.07) is 34.9. The zero-order valence-electron chi connectivity index (χ0n) is 24.8. The highest BCUT2D eigenvalue weighted by Crippen LogP contribution is 2.29. The highest BCUT2D eigenvalue weighted by molar-refractivity contribution is 8.00. The van der Waals surface area contributed by atoms with Crippen LogP contribution in [0.1, 0.15) is 29.3 Å². The molecule has 0 saturated heterocycles. The fourth-order valence-corrected chi connectivity index (χ4v) is 5.64. The predicted molar refractivity (Wildman–Crippen MR) is 183 cm³/mol. The molecule has 0 aromatic heterocycles. The zero-order valence-corrected chi connectivity index (χ0v) is 25.6. The Morgan fingerprint density at radius 1 is 0.783 bits per heavy atom. The van der Waals surface area contributed by atoms with Crippen molar-refractivity contribution in [1.82, 2.24) is 5.32 Å². The normalized spacial score (nSPS) is 11.8. The van der Waals surface area contributed by atoms with Gasteiger partial charge >= 0.3 is 0 Å². The number of hydrogen-bond donors (Lipinski definition) is 3. The van der Waals surface area contributed by atoms with Crippen molar-refractivity contribution in [3.05, 3.63) is 148 Å². The minimum Gasteiger partial charge on any atom is -0.325 e. The van der Waals surface area contributed by atoms with E-state index >= 15 is 0 Å². The Hall–Kier alpha value is -5.74. The van der Waals surface area contributed by atoms with Gasteiger partial charge in [0, 0.05) is 34.0 Å². The second-order valence-electron chi connectivity index (χ2n) is 10.3. The van der Waals surface area contributed by atoms with Gasteiger partial charge in [0.05, 0.1) is 10.2 Å². The van der Waals surface area contributed by atoms with Gasteiger partial charge in [0.15, 0.2) is 0 Å². The third-order valence-electron chi connectivity index (χ3n) is 6.99. The number of non-ortho nitro benzene ring substituents is 1. The molecule has 230 valence electrons. The maximum atomic E-state index is 13.5. The molecule has 0 aliphatic carbocycles. The lowest BCUT2D eigenvalue weighted by molar-refractivity contribution is -0.384. The molecule has 9 nitrogen and oxygen atoms in total. The third-order valence-corrected chi connectivity index (χ3v) is 8.35. The van der Waals surface area contributed by atoms with Crippen molar-refractivity contribution in [2.24, 2.45) is 0 Å². The summed E-state index contributed by atoms with van der Waals surface area (Å²) in [6.45, 7) is 1.94. The molecule has 0 aliphatic rings. The topological polar surface area (TPSA) is 130 Å². The van der Waals surface area contributed by atoms with Crippen LogP contribution in [0.5, 0.6) is 0 Å². The molecule has 5 rings (SSSR count). The van der Waals surface area contributed by atoms with Crippen LogP contribution in [-0.2, 0) is 9.59 Å². The van der Waals surface area contributed by atoms with Crippen LogP contribution in [0, 0.1) is 10.1 Å². The summed E-state index contributed by atoms with van der Waals surface area (Å²) in [4.78, 5) is 51.0. The number of hydrogen-bond acceptors (Lipinski definition) is 6. The van der Waals surface area contributed by atoms with E-state index in [0.29, 0.717) is 28.9 Å². The van der Waals surface area contributed by atoms with Crippen LogP contribution in [0.2, 0.25) is 0 Å². The number of anilines is 2. The number of nitro benzene ring substituents is 1. The van der Waals surface area contributed by atoms with Gasteiger partial charge in [-0.05, 0) is 83.4 Å². The lowest BCUT2D eigenvalue weighted by Gasteiger charge is -2.16. The van der Waals surface area contributed by atoms with Crippen LogP contribution < -0.4 is 16.0 Å². The van der Waals surface area contributed by atoms with E-state index in [2.05, 4.69) is 16.0 Å². The number of fused-ring (bicyclic) bond motifs is 1. The number of rotatable bonds is 11. The van der Waals surface area contributed by atoms with E-state index in [9.17, 15) is 24.5 Å². The first-order valence-corrected chi connectivity index (χ1v) is 15.4. The van der Waals surface area contributed by atoms with Crippen LogP contribution in [0.3, 0.4) is 0 Å². The van der Waals surface area contributed by atoms with Crippen molar-refractivity contribution < 1.29 is 19.3 Å². The number of amides is 3. The van der Waals surface area contributed by atoms with Gasteiger partial charge in [-0.3, -0.25) is 24.5 Å². The maximum Gasteiger partial charge on any atom is 0.272 e. The van der Waals surface area contributed by atoms with Crippen molar-refractivity contribution in [3.63, 3.8) is 0 Å². The summed E-state index contributed by atoms with van der Waals surface area (Å²) in [5, 5.41) is 21.3. The number of nitro groups is 1. The molecular formula is C36H30N4O5S. The molecule has 0 fully saturated rings. The van der Waals surface area contributed by atoms with E-state index in [1.807, 2.05) is 55.5 Å². The fourth-order valence-electron chi connectivity index (χ4n) is 4.62. The quantitative estimate of drug-likeness (QED) is 0.0594. The largest absolute Gasteiger partial charge is 0.325 e. The van der Waals surface area contributed by atoms with Crippen molar-refractivity contribution in [3.8, 4) is 0 Å². The SMILES string of the molecule is CCC(Sc1cccc(NC(=O)/C(=C\c2ccc([N+](=O)[O-])cc2)NC(=O)c2ccccc2)c1)C(=O)Nc1ccc2ccccc2c1. The Kier molecular flexibility index (Phi) is 10.2. The Labute approximate surface area is 269 Å². The molecule has 0 spiro atoms. The lowest BCUT2D eigenvalue weighted by Crippen LogP contribution is -2.30. The van der Waals surface area contributed by atoms with E-state index in [4.69, 9.17) is 0 Å². The van der Waals surface area contributed by atoms with Crippen LogP contribution in [0.15, 0.2) is 132 Å². The molecule has 46 heavy (non-hydrogen) atoms. The first kappa shape index (κ1) is 31.7. The summed E-state index contributed by atoms with van der Waals surface area (Å²) in [5.74, 6) is -1.21. The average molecular weight is 631 g/mol. The Balaban J connectivity index is 1.31. The standard InChI is InChI=1S/C36H30N4O5S/c1-2-33(36(43)38-29-18-17-25-9-6-7-12-27(25)22-29)46-31-14-8-13-28(23-31)37-35(42)32(39-34(41)26-10-4-3-5-11-26)21-24-15-19-30(20-16-24)40(44)45/h3-23,33H,2H2,1H3,(H,37,42)(H,38,43)(H,39,41)/b32-21+. The maximum absolute atomic E-state index is 13.5. The van der Waals surface area contributed by atoms with Crippen molar-refractivity contribution >= 4 is 63.4 Å². The molecule has 5 aromatic carbocycles. The van der Waals surface area contributed by atoms with Gasteiger partial charge < -0.3 is 16.0 Å². The molecule has 3 N–H and O–H groups in total. The number of carbonyl (C=O) groups excluding carboxylic acids is 3. The molecular weight excluding hydrogens is 600 g/mol. The van der Waals surface area contributed by atoms with Gasteiger partial charge in [-0.15, -0.1) is 11.8 Å². The summed E-state index contributed by atoms with van der Waals surface area (Å²) in [7, 11) is 0. The monoisotopic (exact) mass is 630 g/mol. The summed E-state index contributed by atoms with van der Waals surface area (Å²) >= 11 is 1.38. The van der Waals surface area contributed by atoms with E-state index < -0.39 is 16.7 Å². The van der Waals surface area contributed by atoms with E-state index in [-0.39, 0.29) is 22.5 Å². The predicted octanol–water partition coefficient (Wildman–Crippen LogP) is 7.67. The highest BCUT2D eigenvalue weighted by atomic mass is 32.2. The molecule has 0 radical (unpaired) electrons. The van der Waals surface area contributed by atoms with Crippen molar-refractivity contribution in [1.29, 1.82) is 0 Å². The number of benzene rings is 5. The van der Waals surface area contributed by atoms with E-state index in [0.717, 1.165) is 15.7 Å². The summed E-state index contributed by atoms with van der Waals surface area (Å²) in [6.07, 6.45) is 2.02. The Bertz CT molecular complexity index is 1930. The lowest BCUT2D eigenvalue weighted by atomic mass is 10.1. The second kappa shape index (κ2) is 14.8. The van der Waals surface area contributed by atoms with Gasteiger partial charge in [-0.1, -0.05) is 61.5 Å². The molecule has 0 saturated carbocycles. The Morgan fingerprint density at radius 3 is 2.20 bits per heavy atom. The Morgan fingerprint density at radius 2 is 1.48 bits per heavy atom. The number of nitrogens with one attached hydrogen (secondary N) is 3. The second-order valence-corrected chi connectivity index (χ2v) is 11.6. The molecule has 1 atom stereocenters. The molecule has 3 amide bonds. The fraction of sp³-hybridized carbons (Fsp3) is 0.0833. The first-order chi connectivity index (χ1) is 22.3. The summed E-state index contributed by atoms with van der Waals surface area (Å²) < 4.78 is 0. The molecule has 0 heterocycles. The van der Waals surface area contributed by atoms with E-state index in [1.54, 1.807) is 48.5 Å². The molecule has 1 unspecified atom stereocenters. The third kappa shape index (κ3) is 8.25. The molecule has 0 bridgehead atoms. The molecule has 10 heteroatoms. The average Bonchev–Trinajstić information content (AvgIpc) is 3.07. The smallest absolute Gasteiger partial charge is 0.272 e. The van der Waals surface area contributed by atoms with Crippen molar-refractivity contribution in [2.75, 3.05) is 10.6 Å². The number of nitrogens with zero attached hydrogens (tertiary/aromatic N) is 1. The number of thioether (sulfide) groups is 1. The minimum atomic E-state index is -0.592. The number of carbonyl (C=O) groups is 3. The van der Waals surface area contributed by atoms with Gasteiger partial charge in [0.2, 0.25) is 5.91 Å². The van der Waals surface area contributed by atoms with Crippen LogP contribution in [0.4, 0.5) is 17.1 Å². The van der Waals surface area contributed by atoms with Gasteiger partial charge in [-0.25, -0.2) is 0 Å². The van der Waals surface area contributed by atoms with E-state index in [1.165, 1.54) is 42.1 Å².